The van der Waals surface area contributed by atoms with E-state index in [0.717, 1.165) is 5.56 Å². The van der Waals surface area contributed by atoms with E-state index in [0.29, 0.717) is 0 Å². The zero-order valence-corrected chi connectivity index (χ0v) is 7.78. The number of carbonyl (C=O) groups excluding carboxylic acids is 1. The molecule has 0 amide bonds. The minimum absolute atomic E-state index is 0.210. The van der Waals surface area contributed by atoms with E-state index in [1.54, 1.807) is 0 Å². The number of nitrogens with zero attached hydrogens (tertiary/aromatic N) is 4. The van der Waals surface area contributed by atoms with E-state index in [1.807, 2.05) is 30.3 Å². The van der Waals surface area contributed by atoms with Crippen LogP contribution in [0, 0.1) is 0 Å². The summed E-state index contributed by atoms with van der Waals surface area (Å²) < 4.78 is 4.97. The molecule has 1 heterocycles. The Hall–Kier alpha value is -2.11. The molecule has 1 aromatic carbocycles. The highest BCUT2D eigenvalue weighted by atomic mass is 16.5. The Labute approximate surface area is 85.7 Å². The quantitative estimate of drug-likeness (QED) is 0.705. The molecular weight excluding hydrogens is 196 g/mol. The predicted octanol–water partition coefficient (Wildman–Crippen LogP) is 1.89. The molecule has 0 saturated heterocycles. The van der Waals surface area contributed by atoms with E-state index in [9.17, 15) is 4.79 Å². The third-order valence-corrected chi connectivity index (χ3v) is 1.80. The molecule has 0 N–H and O–H groups in total. The Kier molecular flexibility index (Phi) is 2.77. The molecule has 0 radical (unpaired) electrons. The summed E-state index contributed by atoms with van der Waals surface area (Å²) in [5.41, 5.74) is 0.915. The Morgan fingerprint density at radius 2 is 1.87 bits per heavy atom. The Balaban J connectivity index is 1.86. The number of benzene rings is 1. The van der Waals surface area contributed by atoms with E-state index < -0.39 is 12.1 Å². The number of hydrogen-bond acceptors (Lipinski definition) is 6. The Morgan fingerprint density at radius 1 is 1.20 bits per heavy atom. The lowest BCUT2D eigenvalue weighted by Gasteiger charge is -2.04. The van der Waals surface area contributed by atoms with Crippen molar-refractivity contribution in [3.63, 3.8) is 0 Å². The van der Waals surface area contributed by atoms with Crippen molar-refractivity contribution in [3.8, 4) is 0 Å². The minimum Gasteiger partial charge on any atom is -0.458 e. The standard InChI is InChI=1S/C9H8N4O2/c14-9(8-10-12-13-11-8)15-6-7-4-2-1-3-5-7/h1-5,8H,6H2. The zero-order valence-electron chi connectivity index (χ0n) is 7.78. The number of ether oxygens (including phenoxy) is 1. The highest BCUT2D eigenvalue weighted by Crippen LogP contribution is 2.08. The largest absolute Gasteiger partial charge is 0.458 e. The van der Waals surface area contributed by atoms with Crippen molar-refractivity contribution in [2.75, 3.05) is 0 Å². The topological polar surface area (TPSA) is 75.7 Å². The van der Waals surface area contributed by atoms with Gasteiger partial charge in [0.2, 0.25) is 0 Å². The van der Waals surface area contributed by atoms with Gasteiger partial charge in [-0.05, 0) is 16.0 Å². The van der Waals surface area contributed by atoms with Crippen molar-refractivity contribution in [1.82, 2.24) is 0 Å². The lowest BCUT2D eigenvalue weighted by molar-refractivity contribution is -0.146. The highest BCUT2D eigenvalue weighted by molar-refractivity contribution is 5.75. The fraction of sp³-hybridized carbons (Fsp3) is 0.222. The summed E-state index contributed by atoms with van der Waals surface area (Å²) in [4.78, 5) is 11.3. The summed E-state index contributed by atoms with van der Waals surface area (Å²) in [6.45, 7) is 0.210. The monoisotopic (exact) mass is 204 g/mol. The van der Waals surface area contributed by atoms with Crippen LogP contribution in [0.5, 0.6) is 0 Å². The van der Waals surface area contributed by atoms with Gasteiger partial charge < -0.3 is 4.74 Å². The molecular formula is C9H8N4O2. The Morgan fingerprint density at radius 3 is 2.53 bits per heavy atom. The highest BCUT2D eigenvalue weighted by Gasteiger charge is 2.21. The summed E-state index contributed by atoms with van der Waals surface area (Å²) in [6.07, 6.45) is -0.922. The molecule has 1 aliphatic rings. The first-order valence-electron chi connectivity index (χ1n) is 4.37. The van der Waals surface area contributed by atoms with E-state index >= 15 is 0 Å². The number of esters is 1. The van der Waals surface area contributed by atoms with Crippen molar-refractivity contribution in [2.45, 2.75) is 12.8 Å². The van der Waals surface area contributed by atoms with Crippen molar-refractivity contribution in [1.29, 1.82) is 0 Å². The maximum Gasteiger partial charge on any atom is 0.357 e. The van der Waals surface area contributed by atoms with Crippen molar-refractivity contribution in [3.05, 3.63) is 35.9 Å². The molecule has 0 unspecified atom stereocenters. The van der Waals surface area contributed by atoms with E-state index in [1.165, 1.54) is 0 Å². The molecule has 76 valence electrons. The maximum atomic E-state index is 11.3. The molecule has 0 aromatic heterocycles. The number of carbonyl (C=O) groups is 1. The smallest absolute Gasteiger partial charge is 0.357 e. The summed E-state index contributed by atoms with van der Waals surface area (Å²) in [5, 5.41) is 13.4. The molecule has 0 saturated carbocycles. The second kappa shape index (κ2) is 4.41. The fourth-order valence-corrected chi connectivity index (χ4v) is 1.06. The lowest BCUT2D eigenvalue weighted by atomic mass is 10.2. The van der Waals surface area contributed by atoms with Gasteiger partial charge in [0, 0.05) is 0 Å². The molecule has 0 fully saturated rings. The third kappa shape index (κ3) is 2.43. The molecule has 15 heavy (non-hydrogen) atoms. The van der Waals surface area contributed by atoms with Crippen molar-refractivity contribution < 1.29 is 9.53 Å². The SMILES string of the molecule is O=C(OCc1ccccc1)C1N=NN=N1. The maximum absolute atomic E-state index is 11.3. The van der Waals surface area contributed by atoms with Crippen LogP contribution < -0.4 is 0 Å². The van der Waals surface area contributed by atoms with Gasteiger partial charge in [0.1, 0.15) is 6.61 Å². The van der Waals surface area contributed by atoms with Gasteiger partial charge in [0.15, 0.2) is 0 Å². The normalized spacial score (nSPS) is 14.4. The van der Waals surface area contributed by atoms with E-state index in [-0.39, 0.29) is 6.61 Å². The second-order valence-electron chi connectivity index (χ2n) is 2.88. The molecule has 2 rings (SSSR count). The van der Waals surface area contributed by atoms with Gasteiger partial charge >= 0.3 is 5.97 Å². The predicted molar refractivity (Wildman–Crippen MR) is 49.7 cm³/mol. The molecule has 0 spiro atoms. The molecule has 6 nitrogen and oxygen atoms in total. The third-order valence-electron chi connectivity index (χ3n) is 1.80. The van der Waals surface area contributed by atoms with Gasteiger partial charge in [-0.1, -0.05) is 30.3 Å². The fourth-order valence-electron chi connectivity index (χ4n) is 1.06. The molecule has 0 bridgehead atoms. The first kappa shape index (κ1) is 9.45. The van der Waals surface area contributed by atoms with Crippen LogP contribution in [0.2, 0.25) is 0 Å². The van der Waals surface area contributed by atoms with Crippen LogP contribution in [0.15, 0.2) is 51.0 Å². The average Bonchev–Trinajstić information content (AvgIpc) is 2.81. The van der Waals surface area contributed by atoms with Crippen molar-refractivity contribution in [2.24, 2.45) is 20.7 Å². The average molecular weight is 204 g/mol. The van der Waals surface area contributed by atoms with E-state index in [2.05, 4.69) is 20.7 Å². The van der Waals surface area contributed by atoms with Gasteiger partial charge in [-0.15, -0.1) is 10.2 Å². The van der Waals surface area contributed by atoms with Gasteiger partial charge in [-0.25, -0.2) is 4.79 Å². The van der Waals surface area contributed by atoms with Gasteiger partial charge in [0.25, 0.3) is 6.17 Å². The van der Waals surface area contributed by atoms with Gasteiger partial charge in [-0.2, -0.15) is 0 Å². The second-order valence-corrected chi connectivity index (χ2v) is 2.88. The molecule has 1 aliphatic heterocycles. The molecule has 1 aromatic rings. The minimum atomic E-state index is -0.922. The van der Waals surface area contributed by atoms with Crippen LogP contribution in [0.4, 0.5) is 0 Å². The first-order chi connectivity index (χ1) is 7.36. The zero-order chi connectivity index (χ0) is 10.5. The summed E-state index contributed by atoms with van der Waals surface area (Å²) in [7, 11) is 0. The first-order valence-corrected chi connectivity index (χ1v) is 4.37. The van der Waals surface area contributed by atoms with Crippen LogP contribution in [0.1, 0.15) is 5.56 Å². The summed E-state index contributed by atoms with van der Waals surface area (Å²) >= 11 is 0. The van der Waals surface area contributed by atoms with Crippen LogP contribution in [0.3, 0.4) is 0 Å². The van der Waals surface area contributed by atoms with Crippen molar-refractivity contribution >= 4 is 5.97 Å². The van der Waals surface area contributed by atoms with Gasteiger partial charge in [0.05, 0.1) is 0 Å². The van der Waals surface area contributed by atoms with Crippen LogP contribution in [0.25, 0.3) is 0 Å². The number of hydrogen-bond donors (Lipinski definition) is 0. The van der Waals surface area contributed by atoms with Crippen LogP contribution >= 0.6 is 0 Å². The van der Waals surface area contributed by atoms with Crippen LogP contribution in [-0.4, -0.2) is 12.1 Å². The summed E-state index contributed by atoms with van der Waals surface area (Å²) in [6, 6.07) is 9.37. The molecule has 0 aliphatic carbocycles. The lowest BCUT2D eigenvalue weighted by Crippen LogP contribution is -2.17. The van der Waals surface area contributed by atoms with Gasteiger partial charge in [-0.3, -0.25) is 0 Å². The summed E-state index contributed by atoms with van der Waals surface area (Å²) in [5.74, 6) is -0.538. The molecule has 6 heteroatoms. The number of rotatable bonds is 3. The molecule has 0 atom stereocenters. The Bertz CT molecular complexity index is 390. The van der Waals surface area contributed by atoms with E-state index in [4.69, 9.17) is 4.74 Å². The van der Waals surface area contributed by atoms with Crippen LogP contribution in [-0.2, 0) is 16.1 Å².